The van der Waals surface area contributed by atoms with Crippen LogP contribution in [0.25, 0.3) is 0 Å². The number of benzene rings is 1. The van der Waals surface area contributed by atoms with E-state index >= 15 is 0 Å². The first-order valence-electron chi connectivity index (χ1n) is 8.32. The average molecular weight is 377 g/mol. The van der Waals surface area contributed by atoms with E-state index in [1.165, 1.54) is 16.4 Å². The molecule has 26 heavy (non-hydrogen) atoms. The fourth-order valence-corrected chi connectivity index (χ4v) is 2.74. The molecule has 140 valence electrons. The quantitative estimate of drug-likeness (QED) is 0.413. The lowest BCUT2D eigenvalue weighted by Crippen LogP contribution is -2.17. The van der Waals surface area contributed by atoms with Crippen molar-refractivity contribution in [3.8, 4) is 0 Å². The third kappa shape index (κ3) is 5.22. The van der Waals surface area contributed by atoms with Crippen LogP contribution in [0.4, 0.5) is 5.69 Å². The third-order valence-corrected chi connectivity index (χ3v) is 4.32. The van der Waals surface area contributed by atoms with E-state index in [1.807, 2.05) is 20.8 Å². The van der Waals surface area contributed by atoms with Crippen LogP contribution in [0.2, 0.25) is 0 Å². The van der Waals surface area contributed by atoms with E-state index in [4.69, 9.17) is 10.6 Å². The third-order valence-electron chi connectivity index (χ3n) is 3.38. The highest BCUT2D eigenvalue weighted by molar-refractivity contribution is 7.99. The summed E-state index contributed by atoms with van der Waals surface area (Å²) in [7, 11) is 0. The van der Waals surface area contributed by atoms with Gasteiger partial charge in [-0.2, -0.15) is 0 Å². The van der Waals surface area contributed by atoms with Gasteiger partial charge in [-0.15, -0.1) is 10.2 Å². The minimum Gasteiger partial charge on any atom is -0.462 e. The van der Waals surface area contributed by atoms with Crippen molar-refractivity contribution < 1.29 is 14.3 Å². The molecule has 0 spiro atoms. The maximum absolute atomic E-state index is 12.1. The van der Waals surface area contributed by atoms with E-state index in [2.05, 4.69) is 15.5 Å². The summed E-state index contributed by atoms with van der Waals surface area (Å²) < 4.78 is 6.46. The summed E-state index contributed by atoms with van der Waals surface area (Å²) in [6.45, 7) is 6.26. The molecule has 9 heteroatoms. The number of thioether (sulfide) groups is 1. The van der Waals surface area contributed by atoms with E-state index < -0.39 is 0 Å². The molecule has 0 saturated heterocycles. The smallest absolute Gasteiger partial charge is 0.338 e. The van der Waals surface area contributed by atoms with Crippen LogP contribution in [-0.2, 0) is 9.53 Å². The van der Waals surface area contributed by atoms with Gasteiger partial charge in [0.25, 0.3) is 0 Å². The molecule has 0 aliphatic rings. The highest BCUT2D eigenvalue weighted by Crippen LogP contribution is 2.19. The molecule has 0 unspecified atom stereocenters. The van der Waals surface area contributed by atoms with Crippen molar-refractivity contribution in [1.29, 1.82) is 0 Å². The van der Waals surface area contributed by atoms with Gasteiger partial charge in [-0.3, -0.25) is 4.79 Å². The van der Waals surface area contributed by atoms with Crippen molar-refractivity contribution in [2.45, 2.75) is 38.3 Å². The molecular formula is C17H23N5O3S. The zero-order chi connectivity index (χ0) is 19.1. The van der Waals surface area contributed by atoms with Crippen LogP contribution in [-0.4, -0.2) is 39.1 Å². The first-order chi connectivity index (χ1) is 12.4. The predicted molar refractivity (Wildman–Crippen MR) is 101 cm³/mol. The molecule has 2 rings (SSSR count). The highest BCUT2D eigenvalue weighted by atomic mass is 32.2. The van der Waals surface area contributed by atoms with E-state index in [-0.39, 0.29) is 23.5 Å². The molecular weight excluding hydrogens is 354 g/mol. The fraction of sp³-hybridized carbons (Fsp3) is 0.412. The van der Waals surface area contributed by atoms with Gasteiger partial charge in [0.2, 0.25) is 11.1 Å². The van der Waals surface area contributed by atoms with Crippen molar-refractivity contribution in [2.75, 3.05) is 23.5 Å². The molecule has 0 bridgehead atoms. The van der Waals surface area contributed by atoms with Crippen molar-refractivity contribution in [3.05, 3.63) is 35.7 Å². The number of nitrogens with two attached hydrogens (primary N) is 1. The maximum Gasteiger partial charge on any atom is 0.338 e. The molecule has 3 N–H and O–H groups in total. The van der Waals surface area contributed by atoms with Crippen LogP contribution in [0.15, 0.2) is 29.4 Å². The molecule has 1 aromatic heterocycles. The number of nitrogens with one attached hydrogen (secondary N) is 1. The number of aromatic nitrogens is 3. The second-order valence-electron chi connectivity index (χ2n) is 5.92. The largest absolute Gasteiger partial charge is 0.462 e. The number of ether oxygens (including phenoxy) is 1. The Balaban J connectivity index is 1.87. The number of carbonyl (C=O) groups excluding carboxylic acids is 2. The number of hydrogen-bond acceptors (Lipinski definition) is 7. The first-order valence-corrected chi connectivity index (χ1v) is 9.31. The minimum atomic E-state index is -0.372. The molecule has 1 amide bonds. The number of anilines is 1. The molecule has 0 aliphatic carbocycles. The SMILES string of the molecule is CCCOC(=O)c1ccc(NC(=O)CSc2nnc(C(C)C)n2N)cc1. The van der Waals surface area contributed by atoms with Crippen LogP contribution in [0, 0.1) is 0 Å². The first kappa shape index (κ1) is 19.8. The zero-order valence-corrected chi connectivity index (χ0v) is 15.9. The summed E-state index contributed by atoms with van der Waals surface area (Å²) >= 11 is 1.21. The Morgan fingerprint density at radius 3 is 2.54 bits per heavy atom. The van der Waals surface area contributed by atoms with Crippen LogP contribution >= 0.6 is 11.8 Å². The number of carbonyl (C=O) groups is 2. The Morgan fingerprint density at radius 1 is 1.27 bits per heavy atom. The second-order valence-corrected chi connectivity index (χ2v) is 6.86. The fourth-order valence-electron chi connectivity index (χ4n) is 2.08. The standard InChI is InChI=1S/C17H23N5O3S/c1-4-9-25-16(24)12-5-7-13(8-6-12)19-14(23)10-26-17-21-20-15(11(2)3)22(17)18/h5-8,11H,4,9-10,18H2,1-3H3,(H,19,23). The van der Waals surface area contributed by atoms with Gasteiger partial charge in [0.1, 0.15) is 0 Å². The lowest BCUT2D eigenvalue weighted by molar-refractivity contribution is -0.113. The van der Waals surface area contributed by atoms with Gasteiger partial charge < -0.3 is 15.9 Å². The lowest BCUT2D eigenvalue weighted by Gasteiger charge is -2.07. The van der Waals surface area contributed by atoms with E-state index in [0.717, 1.165) is 6.42 Å². The molecule has 0 radical (unpaired) electrons. The summed E-state index contributed by atoms with van der Waals surface area (Å²) in [5.41, 5.74) is 1.04. The Labute approximate surface area is 156 Å². The number of hydrogen-bond donors (Lipinski definition) is 2. The summed E-state index contributed by atoms with van der Waals surface area (Å²) in [5.74, 6) is 6.31. The Kier molecular flexibility index (Phi) is 7.02. The molecule has 0 fully saturated rings. The Hall–Kier alpha value is -2.55. The number of esters is 1. The molecule has 1 heterocycles. The molecule has 0 aliphatic heterocycles. The van der Waals surface area contributed by atoms with Crippen LogP contribution in [0.3, 0.4) is 0 Å². The van der Waals surface area contributed by atoms with Gasteiger partial charge in [-0.1, -0.05) is 32.5 Å². The number of nitrogens with zero attached hydrogens (tertiary/aromatic N) is 3. The molecule has 0 atom stereocenters. The van der Waals surface area contributed by atoms with Crippen LogP contribution in [0.1, 0.15) is 49.3 Å². The van der Waals surface area contributed by atoms with Crippen molar-refractivity contribution in [3.63, 3.8) is 0 Å². The topological polar surface area (TPSA) is 112 Å². The number of rotatable bonds is 8. The molecule has 8 nitrogen and oxygen atoms in total. The molecule has 0 saturated carbocycles. The van der Waals surface area contributed by atoms with Gasteiger partial charge in [0.15, 0.2) is 5.82 Å². The summed E-state index contributed by atoms with van der Waals surface area (Å²) in [6.07, 6.45) is 0.771. The van der Waals surface area contributed by atoms with E-state index in [1.54, 1.807) is 24.3 Å². The zero-order valence-electron chi connectivity index (χ0n) is 15.1. The molecule has 2 aromatic rings. The van der Waals surface area contributed by atoms with E-state index in [9.17, 15) is 9.59 Å². The van der Waals surface area contributed by atoms with Gasteiger partial charge in [0, 0.05) is 11.6 Å². The van der Waals surface area contributed by atoms with Crippen molar-refractivity contribution >= 4 is 29.3 Å². The number of amides is 1. The van der Waals surface area contributed by atoms with Crippen molar-refractivity contribution in [2.24, 2.45) is 0 Å². The molecule has 1 aromatic carbocycles. The normalized spacial score (nSPS) is 10.8. The second kappa shape index (κ2) is 9.23. The predicted octanol–water partition coefficient (Wildman–Crippen LogP) is 2.41. The maximum atomic E-state index is 12.1. The Morgan fingerprint density at radius 2 is 1.96 bits per heavy atom. The van der Waals surface area contributed by atoms with E-state index in [0.29, 0.717) is 28.8 Å². The average Bonchev–Trinajstić information content (AvgIpc) is 2.99. The highest BCUT2D eigenvalue weighted by Gasteiger charge is 2.14. The number of nitrogen functional groups attached to an aromatic ring is 1. The van der Waals surface area contributed by atoms with Crippen LogP contribution in [0.5, 0.6) is 0 Å². The minimum absolute atomic E-state index is 0.147. The van der Waals surface area contributed by atoms with Gasteiger partial charge in [-0.25, -0.2) is 9.47 Å². The van der Waals surface area contributed by atoms with Gasteiger partial charge in [0.05, 0.1) is 17.9 Å². The lowest BCUT2D eigenvalue weighted by atomic mass is 10.2. The van der Waals surface area contributed by atoms with Crippen molar-refractivity contribution in [1.82, 2.24) is 14.9 Å². The van der Waals surface area contributed by atoms with Crippen LogP contribution < -0.4 is 11.2 Å². The van der Waals surface area contributed by atoms with Gasteiger partial charge in [-0.05, 0) is 30.7 Å². The summed E-state index contributed by atoms with van der Waals surface area (Å²) in [5, 5.41) is 11.3. The summed E-state index contributed by atoms with van der Waals surface area (Å²) in [4.78, 5) is 23.8. The summed E-state index contributed by atoms with van der Waals surface area (Å²) in [6, 6.07) is 6.55. The monoisotopic (exact) mass is 377 g/mol. The Bertz CT molecular complexity index is 758. The van der Waals surface area contributed by atoms with Gasteiger partial charge >= 0.3 is 5.97 Å².